The van der Waals surface area contributed by atoms with E-state index in [9.17, 15) is 0 Å². The number of rotatable bonds is 20. The summed E-state index contributed by atoms with van der Waals surface area (Å²) in [6.07, 6.45) is 13.7. The Labute approximate surface area is 176 Å². The molecular formula is C21H44O4S2. The Balaban J connectivity index is 3.74. The highest BCUT2D eigenvalue weighted by Gasteiger charge is 2.25. The molecule has 0 aliphatic carbocycles. The largest absolute Gasteiger partial charge is 0.487 e. The van der Waals surface area contributed by atoms with E-state index in [2.05, 4.69) is 6.92 Å². The van der Waals surface area contributed by atoms with Gasteiger partial charge in [0.1, 0.15) is 0 Å². The van der Waals surface area contributed by atoms with E-state index >= 15 is 0 Å². The third kappa shape index (κ3) is 15.7. The number of ether oxygens (including phenoxy) is 1. The van der Waals surface area contributed by atoms with Crippen molar-refractivity contribution in [3.63, 3.8) is 0 Å². The third-order valence-corrected chi connectivity index (χ3v) is 7.07. The Morgan fingerprint density at radius 3 is 1.63 bits per heavy atom. The van der Waals surface area contributed by atoms with Gasteiger partial charge in [-0.3, -0.25) is 12.5 Å². The van der Waals surface area contributed by atoms with E-state index in [4.69, 9.17) is 29.5 Å². The minimum absolute atomic E-state index is 0.590. The Kier molecular flexibility index (Phi) is 19.5. The summed E-state index contributed by atoms with van der Waals surface area (Å²) in [5.74, 6) is 0.725. The molecule has 0 fully saturated rings. The summed E-state index contributed by atoms with van der Waals surface area (Å²) in [6.45, 7) is 10.6. The van der Waals surface area contributed by atoms with E-state index in [0.717, 1.165) is 30.1 Å². The first-order chi connectivity index (χ1) is 13.1. The van der Waals surface area contributed by atoms with E-state index in [1.165, 1.54) is 51.4 Å². The second-order valence-electron chi connectivity index (χ2n) is 6.63. The van der Waals surface area contributed by atoms with Crippen LogP contribution in [-0.2, 0) is 17.3 Å². The molecule has 0 aromatic carbocycles. The average Bonchev–Trinajstić information content (AvgIpc) is 2.64. The Hall–Kier alpha value is 0.120. The van der Waals surface area contributed by atoms with Crippen molar-refractivity contribution in [1.29, 1.82) is 0 Å². The van der Waals surface area contributed by atoms with Crippen LogP contribution in [0.5, 0.6) is 0 Å². The van der Waals surface area contributed by atoms with Crippen LogP contribution in [0.1, 0.15) is 98.3 Å². The van der Waals surface area contributed by atoms with Crippen LogP contribution >= 0.6 is 23.1 Å². The van der Waals surface area contributed by atoms with Crippen molar-refractivity contribution in [1.82, 2.24) is 0 Å². The zero-order chi connectivity index (χ0) is 20.2. The first-order valence-corrected chi connectivity index (χ1v) is 13.0. The molecule has 0 heterocycles. The predicted octanol–water partition coefficient (Wildman–Crippen LogP) is 7.30. The van der Waals surface area contributed by atoms with E-state index < -0.39 is 10.9 Å². The Morgan fingerprint density at radius 1 is 0.667 bits per heavy atom. The van der Waals surface area contributed by atoms with Crippen LogP contribution in [0, 0.1) is 0 Å². The normalized spacial score (nSPS) is 12.3. The lowest BCUT2D eigenvalue weighted by Crippen LogP contribution is -2.18. The van der Waals surface area contributed by atoms with Gasteiger partial charge in [0, 0.05) is 12.2 Å². The van der Waals surface area contributed by atoms with Crippen molar-refractivity contribution >= 4 is 28.1 Å². The summed E-state index contributed by atoms with van der Waals surface area (Å²) >= 11 is 5.35. The van der Waals surface area contributed by atoms with Crippen molar-refractivity contribution < 1.29 is 17.3 Å². The first-order valence-electron chi connectivity index (χ1n) is 11.0. The van der Waals surface area contributed by atoms with Gasteiger partial charge in [0.15, 0.2) is 5.05 Å². The van der Waals surface area contributed by atoms with Gasteiger partial charge in [0.05, 0.1) is 37.3 Å². The first kappa shape index (κ1) is 27.1. The van der Waals surface area contributed by atoms with Crippen LogP contribution in [0.3, 0.4) is 0 Å². The van der Waals surface area contributed by atoms with E-state index in [1.807, 2.05) is 20.8 Å². The molecule has 164 valence electrons. The lowest BCUT2D eigenvalue weighted by Gasteiger charge is -2.36. The zero-order valence-electron chi connectivity index (χ0n) is 18.3. The van der Waals surface area contributed by atoms with Crippen LogP contribution in [-0.4, -0.2) is 37.2 Å². The summed E-state index contributed by atoms with van der Waals surface area (Å²) in [6, 6.07) is 0. The van der Waals surface area contributed by atoms with E-state index in [1.54, 1.807) is 0 Å². The molecule has 0 spiro atoms. The topological polar surface area (TPSA) is 36.9 Å². The highest BCUT2D eigenvalue weighted by Crippen LogP contribution is 2.51. The van der Waals surface area contributed by atoms with E-state index in [0.29, 0.717) is 26.4 Å². The molecule has 0 radical (unpaired) electrons. The molecule has 0 saturated heterocycles. The monoisotopic (exact) mass is 424 g/mol. The standard InChI is InChI=1S/C21H44O4S2/c1-5-9-10-11-12-13-14-15-16-18-21(26)22-19-17-20-27(23-6-2,24-7-3)25-8-4/h5-20H2,1-4H3. The van der Waals surface area contributed by atoms with Crippen molar-refractivity contribution in [3.8, 4) is 0 Å². The van der Waals surface area contributed by atoms with Gasteiger partial charge in [0.25, 0.3) is 0 Å². The fraction of sp³-hybridized carbons (Fsp3) is 0.952. The highest BCUT2D eigenvalue weighted by molar-refractivity contribution is 8.21. The Morgan fingerprint density at radius 2 is 1.15 bits per heavy atom. The third-order valence-electron chi connectivity index (χ3n) is 4.18. The smallest absolute Gasteiger partial charge is 0.159 e. The maximum atomic E-state index is 5.80. The molecule has 27 heavy (non-hydrogen) atoms. The molecule has 0 unspecified atom stereocenters. The molecule has 0 aliphatic heterocycles. The second-order valence-corrected chi connectivity index (χ2v) is 9.32. The summed E-state index contributed by atoms with van der Waals surface area (Å²) in [5.41, 5.74) is 0. The quantitative estimate of drug-likeness (QED) is 0.151. The van der Waals surface area contributed by atoms with Crippen LogP contribution < -0.4 is 0 Å². The van der Waals surface area contributed by atoms with Gasteiger partial charge in [0.2, 0.25) is 0 Å². The molecule has 4 nitrogen and oxygen atoms in total. The number of thiocarbonyl (C=S) groups is 1. The van der Waals surface area contributed by atoms with Crippen molar-refractivity contribution in [2.24, 2.45) is 0 Å². The van der Waals surface area contributed by atoms with Crippen LogP contribution in [0.25, 0.3) is 0 Å². The number of unbranched alkanes of at least 4 members (excludes halogenated alkanes) is 8. The summed E-state index contributed by atoms with van der Waals surface area (Å²) in [7, 11) is -1.90. The summed E-state index contributed by atoms with van der Waals surface area (Å²) in [5, 5.41) is 0.739. The van der Waals surface area contributed by atoms with Gasteiger partial charge in [-0.05, 0) is 45.8 Å². The van der Waals surface area contributed by atoms with Crippen LogP contribution in [0.2, 0.25) is 0 Å². The minimum Gasteiger partial charge on any atom is -0.487 e. The maximum absolute atomic E-state index is 5.80. The molecule has 0 aromatic rings. The van der Waals surface area contributed by atoms with Crippen LogP contribution in [0.4, 0.5) is 0 Å². The molecule has 0 aliphatic rings. The van der Waals surface area contributed by atoms with E-state index in [-0.39, 0.29) is 0 Å². The lowest BCUT2D eigenvalue weighted by atomic mass is 10.1. The molecular weight excluding hydrogens is 380 g/mol. The van der Waals surface area contributed by atoms with Gasteiger partial charge in [-0.25, -0.2) is 0 Å². The molecule has 0 bridgehead atoms. The SMILES string of the molecule is CCCCCCCCCCCC(=S)OCCCS(OCC)(OCC)OCC. The predicted molar refractivity (Wildman–Crippen MR) is 122 cm³/mol. The zero-order valence-corrected chi connectivity index (χ0v) is 19.9. The van der Waals surface area contributed by atoms with Crippen molar-refractivity contribution in [3.05, 3.63) is 0 Å². The van der Waals surface area contributed by atoms with Gasteiger partial charge in [-0.1, -0.05) is 58.3 Å². The van der Waals surface area contributed by atoms with Gasteiger partial charge in [-0.2, -0.15) is 0 Å². The number of hydrogen-bond donors (Lipinski definition) is 0. The molecule has 0 saturated carbocycles. The van der Waals surface area contributed by atoms with Gasteiger partial charge >= 0.3 is 0 Å². The van der Waals surface area contributed by atoms with Gasteiger partial charge in [-0.15, -0.1) is 0 Å². The fourth-order valence-electron chi connectivity index (χ4n) is 2.89. The molecule has 0 amide bonds. The molecule has 0 aromatic heterocycles. The molecule has 6 heteroatoms. The number of hydrogen-bond acceptors (Lipinski definition) is 5. The lowest BCUT2D eigenvalue weighted by molar-refractivity contribution is 0.183. The van der Waals surface area contributed by atoms with Crippen molar-refractivity contribution in [2.45, 2.75) is 98.3 Å². The maximum Gasteiger partial charge on any atom is 0.159 e. The van der Waals surface area contributed by atoms with Crippen LogP contribution in [0.15, 0.2) is 0 Å². The summed E-state index contributed by atoms with van der Waals surface area (Å²) in [4.78, 5) is 0. The average molecular weight is 425 g/mol. The van der Waals surface area contributed by atoms with Gasteiger partial charge < -0.3 is 4.74 Å². The molecule has 0 rings (SSSR count). The Bertz CT molecular complexity index is 323. The molecule has 0 atom stereocenters. The second kappa shape index (κ2) is 19.4. The summed E-state index contributed by atoms with van der Waals surface area (Å²) < 4.78 is 23.1. The molecule has 0 N–H and O–H groups in total. The minimum atomic E-state index is -1.90. The fourth-order valence-corrected chi connectivity index (χ4v) is 5.23. The highest BCUT2D eigenvalue weighted by atomic mass is 32.3. The van der Waals surface area contributed by atoms with Crippen molar-refractivity contribution in [2.75, 3.05) is 32.2 Å².